The number of aromatic nitrogens is 7. The van der Waals surface area contributed by atoms with E-state index in [1.54, 1.807) is 0 Å². The van der Waals surface area contributed by atoms with Gasteiger partial charge in [0.15, 0.2) is 11.5 Å². The fourth-order valence-electron chi connectivity index (χ4n) is 4.40. The van der Waals surface area contributed by atoms with Crippen molar-refractivity contribution in [2.45, 2.75) is 33.7 Å². The summed E-state index contributed by atoms with van der Waals surface area (Å²) in [5.74, 6) is 1.35. The highest BCUT2D eigenvalue weighted by Crippen LogP contribution is 2.31. The van der Waals surface area contributed by atoms with Gasteiger partial charge in [-0.3, -0.25) is 0 Å². The Balaban J connectivity index is 1.57. The molecule has 0 atom stereocenters. The van der Waals surface area contributed by atoms with Gasteiger partial charge in [0.05, 0.1) is 6.54 Å². The number of tetrazole rings is 1. The Bertz CT molecular complexity index is 1550. The summed E-state index contributed by atoms with van der Waals surface area (Å²) in [5, 5.41) is 24.0. The molecule has 8 nitrogen and oxygen atoms in total. The molecule has 0 unspecified atom stereocenters. The van der Waals surface area contributed by atoms with E-state index in [1.807, 2.05) is 49.4 Å². The van der Waals surface area contributed by atoms with Crippen LogP contribution < -0.4 is 0 Å². The normalized spacial score (nSPS) is 11.9. The Hall–Kier alpha value is -4.64. The van der Waals surface area contributed by atoms with Crippen LogP contribution in [0.1, 0.15) is 46.5 Å². The number of rotatable bonds is 6. The van der Waals surface area contributed by atoms with E-state index in [4.69, 9.17) is 9.97 Å². The Morgan fingerprint density at radius 1 is 1.00 bits per heavy atom. The minimum atomic E-state index is 0.338. The lowest BCUT2D eigenvalue weighted by Gasteiger charge is -2.12. The lowest BCUT2D eigenvalue weighted by molar-refractivity contribution is 0.745. The van der Waals surface area contributed by atoms with E-state index in [9.17, 15) is 5.26 Å². The van der Waals surface area contributed by atoms with Gasteiger partial charge in [0.2, 0.25) is 0 Å². The van der Waals surface area contributed by atoms with E-state index in [0.717, 1.165) is 56.9 Å². The van der Waals surface area contributed by atoms with Crippen molar-refractivity contribution in [2.75, 3.05) is 0 Å². The predicted molar refractivity (Wildman–Crippen MR) is 134 cm³/mol. The number of nitrogens with zero attached hydrogens (tertiary/aromatic N) is 7. The van der Waals surface area contributed by atoms with Crippen LogP contribution in [0.5, 0.6) is 0 Å². The van der Waals surface area contributed by atoms with Crippen molar-refractivity contribution in [3.63, 3.8) is 0 Å². The van der Waals surface area contributed by atoms with Crippen LogP contribution in [0, 0.1) is 25.2 Å². The molecule has 1 N–H and O–H groups in total. The van der Waals surface area contributed by atoms with Gasteiger partial charge in [-0.25, -0.2) is 15.1 Å². The number of hydrogen-bond acceptors (Lipinski definition) is 6. The van der Waals surface area contributed by atoms with E-state index in [0.29, 0.717) is 17.9 Å². The average molecular weight is 461 g/mol. The molecule has 0 fully saturated rings. The molecule has 5 aromatic rings. The number of nitriles is 1. The predicted octanol–water partition coefficient (Wildman–Crippen LogP) is 4.65. The number of allylic oxidation sites excluding steroid dienone is 1. The molecule has 8 heteroatoms. The smallest absolute Gasteiger partial charge is 0.190 e. The van der Waals surface area contributed by atoms with Gasteiger partial charge in [0, 0.05) is 17.7 Å². The maximum Gasteiger partial charge on any atom is 0.190 e. The highest BCUT2D eigenvalue weighted by molar-refractivity contribution is 6.02. The zero-order chi connectivity index (χ0) is 24.4. The van der Waals surface area contributed by atoms with Crippen molar-refractivity contribution in [3.8, 4) is 6.07 Å². The van der Waals surface area contributed by atoms with E-state index >= 15 is 0 Å². The first-order valence-corrected chi connectivity index (χ1v) is 11.5. The summed E-state index contributed by atoms with van der Waals surface area (Å²) in [4.78, 5) is 9.64. The molecular weight excluding hydrogens is 436 g/mol. The molecule has 35 heavy (non-hydrogen) atoms. The Morgan fingerprint density at radius 3 is 2.40 bits per heavy atom. The van der Waals surface area contributed by atoms with Crippen LogP contribution in [-0.2, 0) is 13.0 Å². The highest BCUT2D eigenvalue weighted by Gasteiger charge is 2.18. The fourth-order valence-corrected chi connectivity index (χ4v) is 4.40. The molecule has 0 saturated heterocycles. The zero-order valence-electron chi connectivity index (χ0n) is 19.8. The monoisotopic (exact) mass is 460 g/mol. The van der Waals surface area contributed by atoms with Crippen LogP contribution in [0.2, 0.25) is 0 Å². The third-order valence-electron chi connectivity index (χ3n) is 6.01. The number of aromatic amines is 1. The average Bonchev–Trinajstić information content (AvgIpc) is 3.52. The van der Waals surface area contributed by atoms with Crippen LogP contribution in [0.15, 0.2) is 60.7 Å². The maximum atomic E-state index is 9.98. The van der Waals surface area contributed by atoms with Gasteiger partial charge in [-0.05, 0) is 52.6 Å². The molecule has 0 aliphatic heterocycles. The number of pyridine rings is 1. The second-order valence-electron chi connectivity index (χ2n) is 8.40. The fraction of sp³-hybridized carbons (Fsp3) is 0.185. The molecule has 3 heterocycles. The minimum Gasteiger partial charge on any atom is -0.308 e. The van der Waals surface area contributed by atoms with E-state index < -0.39 is 0 Å². The zero-order valence-corrected chi connectivity index (χ0v) is 19.8. The number of aryl methyl sites for hydroxylation is 3. The van der Waals surface area contributed by atoms with Crippen molar-refractivity contribution < 1.29 is 0 Å². The Labute approximate surface area is 203 Å². The van der Waals surface area contributed by atoms with Gasteiger partial charge >= 0.3 is 0 Å². The van der Waals surface area contributed by atoms with Crippen molar-refractivity contribution in [2.24, 2.45) is 0 Å². The van der Waals surface area contributed by atoms with Crippen molar-refractivity contribution in [3.05, 3.63) is 100 Å². The number of imidazole rings is 1. The van der Waals surface area contributed by atoms with Crippen molar-refractivity contribution in [1.29, 1.82) is 5.26 Å². The lowest BCUT2D eigenvalue weighted by Crippen LogP contribution is -2.06. The third kappa shape index (κ3) is 4.20. The molecule has 0 saturated carbocycles. The number of nitrogens with one attached hydrogen (secondary N) is 1. The molecule has 0 aliphatic rings. The number of fused-ring (bicyclic) bond motifs is 1. The van der Waals surface area contributed by atoms with Crippen LogP contribution in [-0.4, -0.2) is 35.2 Å². The quantitative estimate of drug-likeness (QED) is 0.369. The maximum absolute atomic E-state index is 9.98. The summed E-state index contributed by atoms with van der Waals surface area (Å²) in [6.45, 7) is 6.87. The van der Waals surface area contributed by atoms with Gasteiger partial charge in [-0.15, -0.1) is 5.10 Å². The van der Waals surface area contributed by atoms with Crippen LogP contribution in [0.3, 0.4) is 0 Å². The van der Waals surface area contributed by atoms with Crippen LogP contribution in [0.4, 0.5) is 0 Å². The summed E-state index contributed by atoms with van der Waals surface area (Å²) in [6.07, 6.45) is 0.824. The molecule has 2 aromatic carbocycles. The van der Waals surface area contributed by atoms with Gasteiger partial charge in [0.1, 0.15) is 23.0 Å². The van der Waals surface area contributed by atoms with E-state index in [-0.39, 0.29) is 0 Å². The second-order valence-corrected chi connectivity index (χ2v) is 8.40. The third-order valence-corrected chi connectivity index (χ3v) is 6.01. The van der Waals surface area contributed by atoms with Gasteiger partial charge in [-0.1, -0.05) is 61.5 Å². The number of hydrogen-bond donors (Lipinski definition) is 1. The number of benzene rings is 2. The first kappa shape index (κ1) is 22.2. The number of H-pyrrole nitrogens is 1. The molecule has 3 aromatic heterocycles. The Morgan fingerprint density at radius 2 is 1.74 bits per heavy atom. The minimum absolute atomic E-state index is 0.338. The second kappa shape index (κ2) is 9.31. The summed E-state index contributed by atoms with van der Waals surface area (Å²) in [5.41, 5.74) is 8.09. The summed E-state index contributed by atoms with van der Waals surface area (Å²) in [6, 6.07) is 22.4. The molecule has 0 aliphatic carbocycles. The topological polar surface area (TPSA) is 109 Å². The lowest BCUT2D eigenvalue weighted by atomic mass is 9.92. The largest absolute Gasteiger partial charge is 0.308 e. The van der Waals surface area contributed by atoms with Crippen LogP contribution >= 0.6 is 0 Å². The van der Waals surface area contributed by atoms with E-state index in [1.165, 1.54) is 0 Å². The van der Waals surface area contributed by atoms with Gasteiger partial charge < -0.3 is 4.57 Å². The van der Waals surface area contributed by atoms with Crippen LogP contribution in [0.25, 0.3) is 22.3 Å². The molecule has 0 radical (unpaired) electrons. The first-order chi connectivity index (χ1) is 17.1. The van der Waals surface area contributed by atoms with Crippen molar-refractivity contribution >= 4 is 22.3 Å². The molecule has 5 rings (SSSR count). The SMILES string of the molecule is CCc1nc2c(C)cc(C)nc2n1Cc1ccc(C(=C(C#N)c2nnn[nH]2)c2ccccc2)cc1. The highest BCUT2D eigenvalue weighted by atomic mass is 15.5. The first-order valence-electron chi connectivity index (χ1n) is 11.5. The standard InChI is InChI=1S/C27H24N8/c1-4-23-30-25-17(2)14-18(3)29-27(25)35(23)16-19-10-12-21(13-11-19)24(20-8-6-5-7-9-20)22(15-28)26-31-33-34-32-26/h5-14H,4,16H2,1-3H3,(H,31,32,33,34). The molecule has 172 valence electrons. The molecule has 0 spiro atoms. The van der Waals surface area contributed by atoms with Gasteiger partial charge in [0.25, 0.3) is 0 Å². The van der Waals surface area contributed by atoms with Crippen molar-refractivity contribution in [1.82, 2.24) is 35.2 Å². The van der Waals surface area contributed by atoms with E-state index in [2.05, 4.69) is 63.3 Å². The van der Waals surface area contributed by atoms with Gasteiger partial charge in [-0.2, -0.15) is 5.26 Å². The molecule has 0 bridgehead atoms. The Kier molecular flexibility index (Phi) is 5.90. The summed E-state index contributed by atoms with van der Waals surface area (Å²) < 4.78 is 2.19. The summed E-state index contributed by atoms with van der Waals surface area (Å²) in [7, 11) is 0. The molecule has 0 amide bonds. The molecular formula is C27H24N8. The summed E-state index contributed by atoms with van der Waals surface area (Å²) >= 11 is 0.